The molecule has 1 fully saturated rings. The van der Waals surface area contributed by atoms with Crippen LogP contribution in [0.1, 0.15) is 213 Å². The molecule has 7 unspecified atom stereocenters. The van der Waals surface area contributed by atoms with Crippen molar-refractivity contribution in [2.24, 2.45) is 0 Å². The van der Waals surface area contributed by atoms with E-state index in [1.807, 2.05) is 6.08 Å². The molecule has 1 aliphatic rings. The second-order valence-electron chi connectivity index (χ2n) is 17.2. The highest BCUT2D eigenvalue weighted by Crippen LogP contribution is 2.22. The van der Waals surface area contributed by atoms with Crippen LogP contribution in [0.15, 0.2) is 48.6 Å². The fourth-order valence-corrected chi connectivity index (χ4v) is 7.59. The number of carbonyl (C=O) groups is 1. The first-order valence-corrected chi connectivity index (χ1v) is 24.9. The minimum atomic E-state index is -1.57. The van der Waals surface area contributed by atoms with Crippen molar-refractivity contribution in [1.82, 2.24) is 5.32 Å². The number of unbranched alkanes of at least 4 members (excludes halogenated alkanes) is 25. The summed E-state index contributed by atoms with van der Waals surface area (Å²) in [4.78, 5) is 13.0. The number of hydrogen-bond donors (Lipinski definition) is 6. The summed E-state index contributed by atoms with van der Waals surface area (Å²) in [5.41, 5.74) is 0. The summed E-state index contributed by atoms with van der Waals surface area (Å²) in [6, 6.07) is -0.829. The molecule has 350 valence electrons. The number of amides is 1. The molecule has 0 spiro atoms. The van der Waals surface area contributed by atoms with Gasteiger partial charge in [-0.1, -0.05) is 184 Å². The molecule has 1 heterocycles. The van der Waals surface area contributed by atoms with E-state index in [4.69, 9.17) is 9.47 Å². The third kappa shape index (κ3) is 31.1. The molecule has 0 radical (unpaired) electrons. The molecule has 1 rings (SSSR count). The number of hydrogen-bond acceptors (Lipinski definition) is 8. The molecular weight excluding hydrogens is 755 g/mol. The van der Waals surface area contributed by atoms with Crippen molar-refractivity contribution in [2.45, 2.75) is 256 Å². The van der Waals surface area contributed by atoms with E-state index in [0.29, 0.717) is 6.42 Å². The highest BCUT2D eigenvalue weighted by molar-refractivity contribution is 5.76. The van der Waals surface area contributed by atoms with Crippen LogP contribution in [0.3, 0.4) is 0 Å². The number of carbonyl (C=O) groups excluding carboxylic acids is 1. The fraction of sp³-hybridized carbons (Fsp3) is 0.824. The molecule has 0 aliphatic carbocycles. The van der Waals surface area contributed by atoms with Crippen LogP contribution in [0.2, 0.25) is 0 Å². The van der Waals surface area contributed by atoms with Crippen molar-refractivity contribution in [3.8, 4) is 0 Å². The van der Waals surface area contributed by atoms with Gasteiger partial charge in [-0.25, -0.2) is 0 Å². The summed E-state index contributed by atoms with van der Waals surface area (Å²) in [6.07, 6.45) is 46.0. The van der Waals surface area contributed by atoms with Crippen molar-refractivity contribution in [3.63, 3.8) is 0 Å². The van der Waals surface area contributed by atoms with Gasteiger partial charge in [0.15, 0.2) is 6.29 Å². The lowest BCUT2D eigenvalue weighted by Gasteiger charge is -2.40. The largest absolute Gasteiger partial charge is 0.394 e. The normalized spacial score (nSPS) is 20.9. The number of aliphatic hydroxyl groups is 5. The summed E-state index contributed by atoms with van der Waals surface area (Å²) in [6.45, 7) is 3.72. The van der Waals surface area contributed by atoms with E-state index in [2.05, 4.69) is 55.6 Å². The van der Waals surface area contributed by atoms with Crippen LogP contribution in [-0.2, 0) is 14.3 Å². The van der Waals surface area contributed by atoms with Crippen LogP contribution in [0.25, 0.3) is 0 Å². The van der Waals surface area contributed by atoms with E-state index in [1.54, 1.807) is 6.08 Å². The maximum atomic E-state index is 13.0. The van der Waals surface area contributed by atoms with Crippen molar-refractivity contribution in [3.05, 3.63) is 48.6 Å². The molecule has 1 saturated heterocycles. The van der Waals surface area contributed by atoms with Gasteiger partial charge in [-0.15, -0.1) is 0 Å². The molecule has 7 atom stereocenters. The zero-order valence-electron chi connectivity index (χ0n) is 38.5. The second kappa shape index (κ2) is 41.2. The molecule has 0 aromatic carbocycles. The Hall–Kier alpha value is -1.85. The molecule has 60 heavy (non-hydrogen) atoms. The Balaban J connectivity index is 2.28. The average Bonchev–Trinajstić information content (AvgIpc) is 3.25. The van der Waals surface area contributed by atoms with Gasteiger partial charge >= 0.3 is 0 Å². The first kappa shape index (κ1) is 56.2. The quantitative estimate of drug-likeness (QED) is 0.0263. The Kier molecular flexibility index (Phi) is 38.5. The van der Waals surface area contributed by atoms with Gasteiger partial charge in [-0.2, -0.15) is 0 Å². The summed E-state index contributed by atoms with van der Waals surface area (Å²) in [5.74, 6) is -0.195. The van der Waals surface area contributed by atoms with Crippen LogP contribution in [0.4, 0.5) is 0 Å². The number of ether oxygens (including phenoxy) is 2. The van der Waals surface area contributed by atoms with Gasteiger partial charge in [0.25, 0.3) is 0 Å². The summed E-state index contributed by atoms with van der Waals surface area (Å²) < 4.78 is 11.2. The number of nitrogens with one attached hydrogen (secondary N) is 1. The smallest absolute Gasteiger partial charge is 0.220 e. The van der Waals surface area contributed by atoms with E-state index >= 15 is 0 Å². The van der Waals surface area contributed by atoms with Crippen molar-refractivity contribution in [2.75, 3.05) is 13.2 Å². The van der Waals surface area contributed by atoms with Crippen LogP contribution in [-0.4, -0.2) is 87.5 Å². The van der Waals surface area contributed by atoms with E-state index in [-0.39, 0.29) is 12.5 Å². The van der Waals surface area contributed by atoms with Crippen molar-refractivity contribution in [1.29, 1.82) is 0 Å². The molecule has 6 N–H and O–H groups in total. The fourth-order valence-electron chi connectivity index (χ4n) is 7.59. The molecule has 0 aromatic rings. The summed E-state index contributed by atoms with van der Waals surface area (Å²) >= 11 is 0. The highest BCUT2D eigenvalue weighted by Gasteiger charge is 2.44. The maximum absolute atomic E-state index is 13.0. The Morgan fingerprint density at radius 3 is 1.43 bits per heavy atom. The topological polar surface area (TPSA) is 149 Å². The SMILES string of the molecule is CCCCC/C=C/CC/C=C/CC/C=C/C(O)C(COC1OC(CO)C(O)C(O)C1O)NC(=O)CCCCCCCCCC/C=C\CCCCCCCCCCCCCC. The van der Waals surface area contributed by atoms with E-state index in [9.17, 15) is 30.3 Å². The van der Waals surface area contributed by atoms with Gasteiger partial charge in [0, 0.05) is 6.42 Å². The van der Waals surface area contributed by atoms with Gasteiger partial charge in [0.2, 0.25) is 5.91 Å². The molecular formula is C51H93NO8. The van der Waals surface area contributed by atoms with Crippen LogP contribution in [0, 0.1) is 0 Å². The predicted octanol–water partition coefficient (Wildman–Crippen LogP) is 11.0. The van der Waals surface area contributed by atoms with Crippen molar-refractivity contribution >= 4 is 5.91 Å². The van der Waals surface area contributed by atoms with Crippen LogP contribution >= 0.6 is 0 Å². The minimum absolute atomic E-state index is 0.195. The molecule has 9 heteroatoms. The molecule has 0 saturated carbocycles. The molecule has 0 bridgehead atoms. The lowest BCUT2D eigenvalue weighted by Crippen LogP contribution is -2.60. The average molecular weight is 848 g/mol. The zero-order valence-corrected chi connectivity index (χ0v) is 38.5. The zero-order chi connectivity index (χ0) is 43.7. The lowest BCUT2D eigenvalue weighted by molar-refractivity contribution is -0.302. The van der Waals surface area contributed by atoms with Gasteiger partial charge in [-0.05, 0) is 70.6 Å². The number of aliphatic hydroxyl groups excluding tert-OH is 5. The van der Waals surface area contributed by atoms with Gasteiger partial charge in [-0.3, -0.25) is 4.79 Å². The Morgan fingerprint density at radius 1 is 0.550 bits per heavy atom. The van der Waals surface area contributed by atoms with Crippen LogP contribution in [0.5, 0.6) is 0 Å². The maximum Gasteiger partial charge on any atom is 0.220 e. The first-order chi connectivity index (χ1) is 29.3. The van der Waals surface area contributed by atoms with E-state index in [0.717, 1.165) is 51.4 Å². The molecule has 1 aliphatic heterocycles. The number of allylic oxidation sites excluding steroid dienone is 7. The van der Waals surface area contributed by atoms with Crippen LogP contribution < -0.4 is 5.32 Å². The Morgan fingerprint density at radius 2 is 0.950 bits per heavy atom. The van der Waals surface area contributed by atoms with Crippen molar-refractivity contribution < 1.29 is 39.8 Å². The predicted molar refractivity (Wildman–Crippen MR) is 249 cm³/mol. The monoisotopic (exact) mass is 848 g/mol. The number of rotatable bonds is 41. The van der Waals surface area contributed by atoms with E-state index in [1.165, 1.54) is 141 Å². The summed E-state index contributed by atoms with van der Waals surface area (Å²) in [7, 11) is 0. The minimum Gasteiger partial charge on any atom is -0.394 e. The molecule has 0 aromatic heterocycles. The lowest BCUT2D eigenvalue weighted by atomic mass is 9.99. The van der Waals surface area contributed by atoms with Gasteiger partial charge in [0.05, 0.1) is 25.4 Å². The highest BCUT2D eigenvalue weighted by atomic mass is 16.7. The van der Waals surface area contributed by atoms with E-state index < -0.39 is 49.5 Å². The second-order valence-corrected chi connectivity index (χ2v) is 17.2. The van der Waals surface area contributed by atoms with Gasteiger partial charge < -0.3 is 40.3 Å². The summed E-state index contributed by atoms with van der Waals surface area (Å²) in [5, 5.41) is 54.2. The Bertz CT molecular complexity index is 1080. The third-order valence-corrected chi connectivity index (χ3v) is 11.6. The third-order valence-electron chi connectivity index (χ3n) is 11.6. The van der Waals surface area contributed by atoms with Gasteiger partial charge in [0.1, 0.15) is 24.4 Å². The molecule has 9 nitrogen and oxygen atoms in total. The standard InChI is InChI=1S/C51H93NO8/c1-3-5-7-9-11-13-15-17-18-19-20-21-22-23-24-25-26-27-29-31-33-35-37-39-41-47(55)52-44(43-59-51-50(58)49(57)48(56)46(42-53)60-51)45(54)40-38-36-34-32-30-28-16-14-12-10-8-6-4-2/h12,14,23-24,30,32,38,40,44-46,48-51,53-54,56-58H,3-11,13,15-22,25-29,31,33-37,39,41-43H2,1-2H3,(H,52,55)/b14-12+,24-23-,32-30+,40-38+. The Labute approximate surface area is 367 Å². The molecule has 1 amide bonds. The first-order valence-electron chi connectivity index (χ1n) is 24.9.